The highest BCUT2D eigenvalue weighted by molar-refractivity contribution is 14.1. The highest BCUT2D eigenvalue weighted by Gasteiger charge is 2.07. The van der Waals surface area contributed by atoms with E-state index in [0.717, 1.165) is 11.1 Å². The minimum absolute atomic E-state index is 0.256. The Morgan fingerprint density at radius 2 is 1.67 bits per heavy atom. The SMILES string of the molecule is OC(Cc1ccc(I)cc1)Cc1cccc(F)c1. The fraction of sp³-hybridized carbons (Fsp3) is 0.200. The molecule has 1 atom stereocenters. The maximum Gasteiger partial charge on any atom is 0.123 e. The molecule has 0 spiro atoms. The summed E-state index contributed by atoms with van der Waals surface area (Å²) in [6.45, 7) is 0. The molecule has 2 aromatic rings. The molecular weight excluding hydrogens is 342 g/mol. The van der Waals surface area contributed by atoms with Crippen LogP contribution in [0.5, 0.6) is 0 Å². The molecule has 0 fully saturated rings. The Kier molecular flexibility index (Phi) is 4.72. The lowest BCUT2D eigenvalue weighted by molar-refractivity contribution is 0.175. The lowest BCUT2D eigenvalue weighted by Gasteiger charge is -2.11. The fourth-order valence-corrected chi connectivity index (χ4v) is 2.26. The normalized spacial score (nSPS) is 12.4. The molecule has 18 heavy (non-hydrogen) atoms. The molecule has 1 nitrogen and oxygen atoms in total. The van der Waals surface area contributed by atoms with E-state index in [4.69, 9.17) is 0 Å². The molecule has 0 bridgehead atoms. The Labute approximate surface area is 120 Å². The lowest BCUT2D eigenvalue weighted by atomic mass is 10.0. The van der Waals surface area contributed by atoms with E-state index in [0.29, 0.717) is 12.8 Å². The van der Waals surface area contributed by atoms with Crippen molar-refractivity contribution in [2.75, 3.05) is 0 Å². The van der Waals surface area contributed by atoms with Gasteiger partial charge in [-0.25, -0.2) is 4.39 Å². The molecule has 1 N–H and O–H groups in total. The van der Waals surface area contributed by atoms with Crippen LogP contribution < -0.4 is 0 Å². The number of benzene rings is 2. The number of hydrogen-bond donors (Lipinski definition) is 1. The van der Waals surface area contributed by atoms with Gasteiger partial charge in [0, 0.05) is 3.57 Å². The molecule has 0 saturated heterocycles. The van der Waals surface area contributed by atoms with Gasteiger partial charge in [-0.15, -0.1) is 0 Å². The predicted octanol–water partition coefficient (Wildman–Crippen LogP) is 3.58. The molecule has 0 aliphatic rings. The van der Waals surface area contributed by atoms with Crippen molar-refractivity contribution >= 4 is 22.6 Å². The van der Waals surface area contributed by atoms with Gasteiger partial charge in [-0.05, 0) is 70.8 Å². The van der Waals surface area contributed by atoms with Gasteiger partial charge in [-0.1, -0.05) is 24.3 Å². The van der Waals surface area contributed by atoms with Crippen LogP contribution in [0, 0.1) is 9.39 Å². The summed E-state index contributed by atoms with van der Waals surface area (Å²) in [6, 6.07) is 14.4. The quantitative estimate of drug-likeness (QED) is 0.831. The molecule has 0 radical (unpaired) electrons. The molecule has 94 valence electrons. The smallest absolute Gasteiger partial charge is 0.123 e. The van der Waals surface area contributed by atoms with Gasteiger partial charge in [0.25, 0.3) is 0 Å². The molecule has 0 aliphatic heterocycles. The van der Waals surface area contributed by atoms with Crippen LogP contribution in [-0.2, 0) is 12.8 Å². The zero-order chi connectivity index (χ0) is 13.0. The van der Waals surface area contributed by atoms with Crippen LogP contribution in [0.15, 0.2) is 48.5 Å². The molecule has 2 aromatic carbocycles. The first-order chi connectivity index (χ1) is 8.63. The first-order valence-electron chi connectivity index (χ1n) is 5.80. The zero-order valence-electron chi connectivity index (χ0n) is 9.81. The summed E-state index contributed by atoms with van der Waals surface area (Å²) >= 11 is 2.25. The number of aliphatic hydroxyl groups is 1. The number of hydrogen-bond acceptors (Lipinski definition) is 1. The van der Waals surface area contributed by atoms with Crippen molar-refractivity contribution in [3.8, 4) is 0 Å². The van der Waals surface area contributed by atoms with E-state index in [1.54, 1.807) is 6.07 Å². The molecule has 0 heterocycles. The fourth-order valence-electron chi connectivity index (χ4n) is 1.90. The maximum atomic E-state index is 13.0. The van der Waals surface area contributed by atoms with Crippen molar-refractivity contribution in [2.45, 2.75) is 18.9 Å². The van der Waals surface area contributed by atoms with Crippen LogP contribution in [0.4, 0.5) is 4.39 Å². The second kappa shape index (κ2) is 6.29. The third kappa shape index (κ3) is 4.07. The largest absolute Gasteiger partial charge is 0.392 e. The summed E-state index contributed by atoms with van der Waals surface area (Å²) < 4.78 is 14.2. The second-order valence-corrected chi connectivity index (χ2v) is 5.56. The molecule has 0 aromatic heterocycles. The van der Waals surface area contributed by atoms with Crippen LogP contribution in [-0.4, -0.2) is 11.2 Å². The van der Waals surface area contributed by atoms with E-state index in [9.17, 15) is 9.50 Å². The molecule has 0 amide bonds. The summed E-state index contributed by atoms with van der Waals surface area (Å²) in [6.07, 6.45) is 0.587. The molecule has 2 rings (SSSR count). The third-order valence-electron chi connectivity index (χ3n) is 2.74. The second-order valence-electron chi connectivity index (χ2n) is 4.32. The summed E-state index contributed by atoms with van der Waals surface area (Å²) in [5.74, 6) is -0.256. The van der Waals surface area contributed by atoms with Crippen LogP contribution in [0.2, 0.25) is 0 Å². The van der Waals surface area contributed by atoms with E-state index >= 15 is 0 Å². The first kappa shape index (κ1) is 13.5. The van der Waals surface area contributed by atoms with Gasteiger partial charge in [0.05, 0.1) is 6.10 Å². The van der Waals surface area contributed by atoms with Crippen LogP contribution in [0.1, 0.15) is 11.1 Å². The Hall–Kier alpha value is -0.940. The number of aliphatic hydroxyl groups excluding tert-OH is 1. The summed E-state index contributed by atoms with van der Waals surface area (Å²) in [5, 5.41) is 9.99. The maximum absolute atomic E-state index is 13.0. The third-order valence-corrected chi connectivity index (χ3v) is 3.46. The molecule has 0 saturated carbocycles. The van der Waals surface area contributed by atoms with Gasteiger partial charge in [-0.3, -0.25) is 0 Å². The predicted molar refractivity (Wildman–Crippen MR) is 79.0 cm³/mol. The van der Waals surface area contributed by atoms with Gasteiger partial charge in [0.15, 0.2) is 0 Å². The topological polar surface area (TPSA) is 20.2 Å². The van der Waals surface area contributed by atoms with Crippen molar-refractivity contribution < 1.29 is 9.50 Å². The van der Waals surface area contributed by atoms with Crippen molar-refractivity contribution in [2.24, 2.45) is 0 Å². The van der Waals surface area contributed by atoms with Crippen LogP contribution >= 0.6 is 22.6 Å². The minimum Gasteiger partial charge on any atom is -0.392 e. The number of halogens is 2. The van der Waals surface area contributed by atoms with Gasteiger partial charge in [-0.2, -0.15) is 0 Å². The van der Waals surface area contributed by atoms with Gasteiger partial charge >= 0.3 is 0 Å². The highest BCUT2D eigenvalue weighted by Crippen LogP contribution is 2.12. The van der Waals surface area contributed by atoms with Crippen molar-refractivity contribution in [1.29, 1.82) is 0 Å². The molecule has 3 heteroatoms. The average Bonchev–Trinajstić information content (AvgIpc) is 2.32. The van der Waals surface area contributed by atoms with Gasteiger partial charge in [0.1, 0.15) is 5.82 Å². The Balaban J connectivity index is 1.96. The van der Waals surface area contributed by atoms with E-state index in [1.807, 2.05) is 30.3 Å². The first-order valence-corrected chi connectivity index (χ1v) is 6.88. The Bertz CT molecular complexity index is 510. The van der Waals surface area contributed by atoms with Crippen molar-refractivity contribution in [3.63, 3.8) is 0 Å². The van der Waals surface area contributed by atoms with Gasteiger partial charge < -0.3 is 5.11 Å². The monoisotopic (exact) mass is 356 g/mol. The van der Waals surface area contributed by atoms with Crippen molar-refractivity contribution in [1.82, 2.24) is 0 Å². The van der Waals surface area contributed by atoms with E-state index in [2.05, 4.69) is 22.6 Å². The van der Waals surface area contributed by atoms with E-state index < -0.39 is 6.10 Å². The molecule has 0 aliphatic carbocycles. The molecular formula is C15H14FIO. The Morgan fingerprint density at radius 1 is 1.00 bits per heavy atom. The van der Waals surface area contributed by atoms with E-state index in [1.165, 1.54) is 15.7 Å². The average molecular weight is 356 g/mol. The minimum atomic E-state index is -0.480. The zero-order valence-corrected chi connectivity index (χ0v) is 12.0. The summed E-state index contributed by atoms with van der Waals surface area (Å²) in [4.78, 5) is 0. The van der Waals surface area contributed by atoms with Crippen LogP contribution in [0.25, 0.3) is 0 Å². The lowest BCUT2D eigenvalue weighted by Crippen LogP contribution is -2.14. The number of rotatable bonds is 4. The highest BCUT2D eigenvalue weighted by atomic mass is 127. The van der Waals surface area contributed by atoms with E-state index in [-0.39, 0.29) is 5.82 Å². The summed E-state index contributed by atoms with van der Waals surface area (Å²) in [5.41, 5.74) is 1.92. The molecule has 1 unspecified atom stereocenters. The van der Waals surface area contributed by atoms with Gasteiger partial charge in [0.2, 0.25) is 0 Å². The standard InChI is InChI=1S/C15H14FIO/c16-13-3-1-2-12(8-13)10-15(18)9-11-4-6-14(17)7-5-11/h1-8,15,18H,9-10H2. The summed E-state index contributed by atoms with van der Waals surface area (Å²) in [7, 11) is 0. The van der Waals surface area contributed by atoms with Crippen molar-refractivity contribution in [3.05, 3.63) is 69.0 Å². The van der Waals surface area contributed by atoms with Crippen LogP contribution in [0.3, 0.4) is 0 Å². The Morgan fingerprint density at radius 3 is 2.33 bits per heavy atom.